The van der Waals surface area contributed by atoms with Gasteiger partial charge in [-0.2, -0.15) is 5.10 Å². The van der Waals surface area contributed by atoms with E-state index in [4.69, 9.17) is 0 Å². The summed E-state index contributed by atoms with van der Waals surface area (Å²) < 4.78 is 1.37. The summed E-state index contributed by atoms with van der Waals surface area (Å²) in [6, 6.07) is 2.02. The first-order valence-electron chi connectivity index (χ1n) is 5.57. The minimum absolute atomic E-state index is 0.138. The van der Waals surface area contributed by atoms with Crippen LogP contribution in [-0.4, -0.2) is 25.6 Å². The molecule has 1 atom stereocenters. The highest BCUT2D eigenvalue weighted by molar-refractivity contribution is 5.48. The quantitative estimate of drug-likeness (QED) is 0.821. The number of hydrogen-bond acceptors (Lipinski definition) is 4. The van der Waals surface area contributed by atoms with Gasteiger partial charge in [-0.3, -0.25) is 0 Å². The molecule has 0 spiro atoms. The van der Waals surface area contributed by atoms with Gasteiger partial charge < -0.3 is 5.32 Å². The lowest BCUT2D eigenvalue weighted by Crippen LogP contribution is -2.31. The van der Waals surface area contributed by atoms with Gasteiger partial charge in [-0.25, -0.2) is 19.3 Å². The van der Waals surface area contributed by atoms with Crippen molar-refractivity contribution in [1.82, 2.24) is 19.6 Å². The van der Waals surface area contributed by atoms with Gasteiger partial charge in [0.25, 0.3) is 0 Å². The topological polar surface area (TPSA) is 75.1 Å². The van der Waals surface area contributed by atoms with E-state index in [1.54, 1.807) is 6.07 Å². The summed E-state index contributed by atoms with van der Waals surface area (Å²) in [6.45, 7) is 8.56. The number of rotatable bonds is 2. The van der Waals surface area contributed by atoms with E-state index < -0.39 is 0 Å². The Hall–Kier alpha value is -1.85. The molecule has 17 heavy (non-hydrogen) atoms. The van der Waals surface area contributed by atoms with E-state index in [9.17, 15) is 4.79 Å². The number of aromatic nitrogens is 4. The molecule has 6 nitrogen and oxygen atoms in total. The largest absolute Gasteiger partial charge is 0.367 e. The summed E-state index contributed by atoms with van der Waals surface area (Å²) in [4.78, 5) is 15.4. The summed E-state index contributed by atoms with van der Waals surface area (Å²) >= 11 is 0. The average molecular weight is 235 g/mol. The van der Waals surface area contributed by atoms with E-state index in [1.165, 1.54) is 10.7 Å². The molecule has 0 bridgehead atoms. The molecule has 0 aliphatic rings. The summed E-state index contributed by atoms with van der Waals surface area (Å²) in [5.41, 5.74) is 0.426. The molecule has 6 heteroatoms. The zero-order valence-corrected chi connectivity index (χ0v) is 10.5. The highest BCUT2D eigenvalue weighted by Crippen LogP contribution is 2.21. The molecule has 0 aliphatic heterocycles. The van der Waals surface area contributed by atoms with Crippen LogP contribution in [0.5, 0.6) is 0 Å². The molecule has 0 saturated heterocycles. The van der Waals surface area contributed by atoms with Crippen LogP contribution in [0, 0.1) is 5.41 Å². The molecular formula is C11H17N5O. The van der Waals surface area contributed by atoms with E-state index in [-0.39, 0.29) is 17.1 Å². The van der Waals surface area contributed by atoms with Crippen molar-refractivity contribution in [2.24, 2.45) is 5.41 Å². The van der Waals surface area contributed by atoms with Crippen molar-refractivity contribution in [3.63, 3.8) is 0 Å². The SMILES string of the molecule is CC(Nc1cc2n[nH]c(=O)n2cn1)C(C)(C)C. The number of hydrogen-bond donors (Lipinski definition) is 2. The van der Waals surface area contributed by atoms with Crippen molar-refractivity contribution in [2.75, 3.05) is 5.32 Å². The summed E-state index contributed by atoms with van der Waals surface area (Å²) in [5.74, 6) is 0.721. The number of aromatic amines is 1. The molecule has 2 N–H and O–H groups in total. The minimum Gasteiger partial charge on any atom is -0.367 e. The van der Waals surface area contributed by atoms with Crippen molar-refractivity contribution in [1.29, 1.82) is 0 Å². The van der Waals surface area contributed by atoms with Crippen molar-refractivity contribution in [3.05, 3.63) is 22.9 Å². The van der Waals surface area contributed by atoms with Crippen molar-refractivity contribution < 1.29 is 0 Å². The number of H-pyrrole nitrogens is 1. The highest BCUT2D eigenvalue weighted by Gasteiger charge is 2.20. The second kappa shape index (κ2) is 3.87. The van der Waals surface area contributed by atoms with Crippen LogP contribution >= 0.6 is 0 Å². The predicted molar refractivity (Wildman–Crippen MR) is 66.1 cm³/mol. The second-order valence-electron chi connectivity index (χ2n) is 5.26. The van der Waals surface area contributed by atoms with Crippen LogP contribution in [0.25, 0.3) is 5.65 Å². The van der Waals surface area contributed by atoms with Crippen LogP contribution in [0.15, 0.2) is 17.2 Å². The zero-order valence-electron chi connectivity index (χ0n) is 10.5. The van der Waals surface area contributed by atoms with Crippen LogP contribution in [0.2, 0.25) is 0 Å². The van der Waals surface area contributed by atoms with Crippen LogP contribution < -0.4 is 11.0 Å². The molecule has 0 saturated carbocycles. The molecule has 92 valence electrons. The Morgan fingerprint density at radius 3 is 2.82 bits per heavy atom. The lowest BCUT2D eigenvalue weighted by molar-refractivity contribution is 0.358. The third kappa shape index (κ3) is 2.30. The second-order valence-corrected chi connectivity index (χ2v) is 5.26. The Labute approximate surface area is 99.1 Å². The van der Waals surface area contributed by atoms with Crippen LogP contribution in [0.4, 0.5) is 5.82 Å². The van der Waals surface area contributed by atoms with E-state index in [1.807, 2.05) is 0 Å². The highest BCUT2D eigenvalue weighted by atomic mass is 16.1. The van der Waals surface area contributed by atoms with Gasteiger partial charge in [0.05, 0.1) is 0 Å². The Morgan fingerprint density at radius 2 is 2.18 bits per heavy atom. The first kappa shape index (κ1) is 11.6. The number of nitrogens with zero attached hydrogens (tertiary/aromatic N) is 3. The monoisotopic (exact) mass is 235 g/mol. The number of nitrogens with one attached hydrogen (secondary N) is 2. The smallest absolute Gasteiger partial charge is 0.348 e. The Bertz CT molecular complexity index is 577. The molecule has 2 aromatic heterocycles. The van der Waals surface area contributed by atoms with Gasteiger partial charge >= 0.3 is 5.69 Å². The summed E-state index contributed by atoms with van der Waals surface area (Å²) in [5, 5.41) is 9.57. The van der Waals surface area contributed by atoms with E-state index in [0.29, 0.717) is 5.65 Å². The molecule has 0 fully saturated rings. The van der Waals surface area contributed by atoms with Gasteiger partial charge in [-0.05, 0) is 12.3 Å². The van der Waals surface area contributed by atoms with E-state index >= 15 is 0 Å². The van der Waals surface area contributed by atoms with Crippen LogP contribution in [0.3, 0.4) is 0 Å². The van der Waals surface area contributed by atoms with Gasteiger partial charge in [0, 0.05) is 12.1 Å². The molecule has 2 heterocycles. The average Bonchev–Trinajstić information content (AvgIpc) is 2.59. The fourth-order valence-corrected chi connectivity index (χ4v) is 1.33. The van der Waals surface area contributed by atoms with Crippen LogP contribution in [0.1, 0.15) is 27.7 Å². The van der Waals surface area contributed by atoms with E-state index in [2.05, 4.69) is 48.2 Å². The molecule has 0 radical (unpaired) electrons. The Kier molecular flexibility index (Phi) is 2.65. The first-order valence-corrected chi connectivity index (χ1v) is 5.57. The van der Waals surface area contributed by atoms with Gasteiger partial charge in [0.1, 0.15) is 12.1 Å². The Morgan fingerprint density at radius 1 is 1.47 bits per heavy atom. The molecule has 0 amide bonds. The third-order valence-electron chi connectivity index (χ3n) is 2.97. The molecule has 0 aromatic carbocycles. The molecule has 0 aliphatic carbocycles. The molecule has 2 aromatic rings. The third-order valence-corrected chi connectivity index (χ3v) is 2.97. The fourth-order valence-electron chi connectivity index (χ4n) is 1.33. The number of anilines is 1. The molecular weight excluding hydrogens is 218 g/mol. The minimum atomic E-state index is -0.275. The van der Waals surface area contributed by atoms with Gasteiger partial charge in [-0.1, -0.05) is 20.8 Å². The Balaban J connectivity index is 2.28. The maximum Gasteiger partial charge on any atom is 0.348 e. The van der Waals surface area contributed by atoms with Crippen molar-refractivity contribution in [2.45, 2.75) is 33.7 Å². The lowest BCUT2D eigenvalue weighted by atomic mass is 9.88. The van der Waals surface area contributed by atoms with Crippen molar-refractivity contribution in [3.8, 4) is 0 Å². The van der Waals surface area contributed by atoms with Gasteiger partial charge in [-0.15, -0.1) is 0 Å². The first-order chi connectivity index (χ1) is 7.88. The zero-order chi connectivity index (χ0) is 12.6. The fraction of sp³-hybridized carbons (Fsp3) is 0.545. The van der Waals surface area contributed by atoms with Gasteiger partial charge in [0.15, 0.2) is 5.65 Å². The number of fused-ring (bicyclic) bond motifs is 1. The lowest BCUT2D eigenvalue weighted by Gasteiger charge is -2.28. The van der Waals surface area contributed by atoms with Crippen molar-refractivity contribution >= 4 is 11.5 Å². The standard InChI is InChI=1S/C11H17N5O/c1-7(11(2,3)4)13-8-5-9-14-15-10(17)16(9)6-12-8/h5-7,13H,1-4H3,(H,15,17). The molecule has 1 unspecified atom stereocenters. The normalized spacial score (nSPS) is 13.9. The summed E-state index contributed by atoms with van der Waals surface area (Å²) in [6.07, 6.45) is 1.47. The maximum atomic E-state index is 11.3. The maximum absolute atomic E-state index is 11.3. The van der Waals surface area contributed by atoms with E-state index in [0.717, 1.165) is 5.82 Å². The van der Waals surface area contributed by atoms with Gasteiger partial charge in [0.2, 0.25) is 0 Å². The summed E-state index contributed by atoms with van der Waals surface area (Å²) in [7, 11) is 0. The molecule has 2 rings (SSSR count). The predicted octanol–water partition coefficient (Wildman–Crippen LogP) is 1.26. The van der Waals surface area contributed by atoms with Crippen LogP contribution in [-0.2, 0) is 0 Å².